The molecule has 2 aliphatic rings. The second kappa shape index (κ2) is 6.50. The third-order valence-corrected chi connectivity index (χ3v) is 5.17. The first-order valence-electron chi connectivity index (χ1n) is 8.64. The van der Waals surface area contributed by atoms with Crippen molar-refractivity contribution in [2.45, 2.75) is 70.6 Å². The van der Waals surface area contributed by atoms with Crippen molar-refractivity contribution in [3.63, 3.8) is 0 Å². The van der Waals surface area contributed by atoms with Gasteiger partial charge >= 0.3 is 0 Å². The molecule has 1 aromatic carbocycles. The molecule has 2 heterocycles. The lowest BCUT2D eigenvalue weighted by Crippen LogP contribution is -2.46. The minimum absolute atomic E-state index is 0.740. The van der Waals surface area contributed by atoms with E-state index in [1.807, 2.05) is 0 Å². The summed E-state index contributed by atoms with van der Waals surface area (Å²) in [5.41, 5.74) is 2.92. The van der Waals surface area contributed by atoms with E-state index < -0.39 is 0 Å². The fraction of sp³-hybridized carbons (Fsp3) is 0.684. The normalized spacial score (nSPS) is 28.5. The highest BCUT2D eigenvalue weighted by atomic mass is 15.2. The molecule has 2 atom stereocenters. The number of rotatable bonds is 5. The lowest BCUT2D eigenvalue weighted by atomic mass is 9.97. The molecule has 0 radical (unpaired) electrons. The Morgan fingerprint density at radius 1 is 1.05 bits per heavy atom. The molecule has 0 aliphatic carbocycles. The highest BCUT2D eigenvalue weighted by molar-refractivity contribution is 5.23. The first-order valence-corrected chi connectivity index (χ1v) is 8.64. The topological polar surface area (TPSA) is 15.3 Å². The van der Waals surface area contributed by atoms with E-state index in [4.69, 9.17) is 0 Å². The minimum Gasteiger partial charge on any atom is -0.311 e. The number of hydrogen-bond donors (Lipinski definition) is 1. The van der Waals surface area contributed by atoms with E-state index in [1.165, 1.54) is 43.2 Å². The van der Waals surface area contributed by atoms with Crippen molar-refractivity contribution in [1.29, 1.82) is 0 Å². The Balaban J connectivity index is 1.55. The molecular weight excluding hydrogens is 256 g/mol. The van der Waals surface area contributed by atoms with Crippen molar-refractivity contribution >= 4 is 0 Å². The highest BCUT2D eigenvalue weighted by Crippen LogP contribution is 2.29. The van der Waals surface area contributed by atoms with E-state index in [0.29, 0.717) is 0 Å². The Hall–Kier alpha value is -0.860. The summed E-state index contributed by atoms with van der Waals surface area (Å²) >= 11 is 0. The third-order valence-electron chi connectivity index (χ3n) is 5.17. The average molecular weight is 286 g/mol. The summed E-state index contributed by atoms with van der Waals surface area (Å²) in [6, 6.07) is 11.6. The Morgan fingerprint density at radius 3 is 2.19 bits per heavy atom. The molecule has 2 nitrogen and oxygen atoms in total. The zero-order valence-electron chi connectivity index (χ0n) is 13.8. The van der Waals surface area contributed by atoms with Gasteiger partial charge in [-0.15, -0.1) is 0 Å². The van der Waals surface area contributed by atoms with Crippen molar-refractivity contribution < 1.29 is 0 Å². The molecule has 0 amide bonds. The van der Waals surface area contributed by atoms with Crippen LogP contribution >= 0.6 is 0 Å². The summed E-state index contributed by atoms with van der Waals surface area (Å²) in [6.07, 6.45) is 6.63. The molecule has 21 heavy (non-hydrogen) atoms. The van der Waals surface area contributed by atoms with Crippen LogP contribution in [0.5, 0.6) is 0 Å². The molecule has 1 aromatic rings. The summed E-state index contributed by atoms with van der Waals surface area (Å²) in [5, 5.41) is 3.74. The molecule has 0 saturated carbocycles. The van der Waals surface area contributed by atoms with Gasteiger partial charge in [0.05, 0.1) is 0 Å². The molecule has 0 spiro atoms. The predicted molar refractivity (Wildman–Crippen MR) is 89.4 cm³/mol. The van der Waals surface area contributed by atoms with Crippen LogP contribution in [0.25, 0.3) is 0 Å². The number of fused-ring (bicyclic) bond motifs is 2. The smallest absolute Gasteiger partial charge is 0.0233 e. The predicted octanol–water partition coefficient (Wildman–Crippen LogP) is 3.60. The van der Waals surface area contributed by atoms with Crippen molar-refractivity contribution in [3.05, 3.63) is 35.4 Å². The molecule has 1 N–H and O–H groups in total. The van der Waals surface area contributed by atoms with Crippen LogP contribution in [0.2, 0.25) is 0 Å². The molecule has 0 aromatic heterocycles. The number of hydrogen-bond acceptors (Lipinski definition) is 2. The standard InChI is InChI=1S/C19H30N2/c1-14(2)10-15-4-6-16(7-5-15)13-21(3)19-11-17-8-9-18(12-19)20-17/h4-7,14,17-20H,8-13H2,1-3H3. The number of benzene rings is 1. The maximum Gasteiger partial charge on any atom is 0.0233 e. The van der Waals surface area contributed by atoms with Crippen molar-refractivity contribution in [2.24, 2.45) is 5.92 Å². The van der Waals surface area contributed by atoms with Crippen LogP contribution in [0.4, 0.5) is 0 Å². The van der Waals surface area contributed by atoms with Gasteiger partial charge in [-0.1, -0.05) is 38.1 Å². The Kier molecular flexibility index (Phi) is 4.66. The van der Waals surface area contributed by atoms with E-state index >= 15 is 0 Å². The lowest BCUT2D eigenvalue weighted by Gasteiger charge is -2.35. The molecule has 2 fully saturated rings. The van der Waals surface area contributed by atoms with Gasteiger partial charge in [-0.25, -0.2) is 0 Å². The zero-order valence-corrected chi connectivity index (χ0v) is 13.8. The largest absolute Gasteiger partial charge is 0.311 e. The maximum atomic E-state index is 3.74. The molecule has 2 heteroatoms. The molecule has 2 unspecified atom stereocenters. The monoisotopic (exact) mass is 286 g/mol. The average Bonchev–Trinajstić information content (AvgIpc) is 2.79. The van der Waals surface area contributed by atoms with Gasteiger partial charge in [-0.05, 0) is 56.2 Å². The van der Waals surface area contributed by atoms with Gasteiger partial charge in [0.2, 0.25) is 0 Å². The van der Waals surface area contributed by atoms with Crippen LogP contribution in [0.15, 0.2) is 24.3 Å². The first-order chi connectivity index (χ1) is 10.1. The zero-order chi connectivity index (χ0) is 14.8. The van der Waals surface area contributed by atoms with Gasteiger partial charge in [0.1, 0.15) is 0 Å². The fourth-order valence-electron chi connectivity index (χ4n) is 4.06. The van der Waals surface area contributed by atoms with Crippen LogP contribution in [-0.2, 0) is 13.0 Å². The SMILES string of the molecule is CC(C)Cc1ccc(CN(C)C2CC3CCC(C2)N3)cc1. The Morgan fingerprint density at radius 2 is 1.62 bits per heavy atom. The molecule has 2 aliphatic heterocycles. The van der Waals surface area contributed by atoms with Gasteiger partial charge in [0.15, 0.2) is 0 Å². The molecule has 2 saturated heterocycles. The van der Waals surface area contributed by atoms with Gasteiger partial charge < -0.3 is 5.32 Å². The van der Waals surface area contributed by atoms with Gasteiger partial charge in [0, 0.05) is 24.7 Å². The van der Waals surface area contributed by atoms with Crippen LogP contribution < -0.4 is 5.32 Å². The fourth-order valence-corrected chi connectivity index (χ4v) is 4.06. The molecule has 2 bridgehead atoms. The summed E-state index contributed by atoms with van der Waals surface area (Å²) < 4.78 is 0. The first kappa shape index (κ1) is 15.1. The Bertz CT molecular complexity index is 439. The van der Waals surface area contributed by atoms with E-state index in [-0.39, 0.29) is 0 Å². The van der Waals surface area contributed by atoms with Gasteiger partial charge in [0.25, 0.3) is 0 Å². The van der Waals surface area contributed by atoms with Gasteiger partial charge in [-0.3, -0.25) is 4.90 Å². The summed E-state index contributed by atoms with van der Waals surface area (Å²) in [7, 11) is 2.30. The molecular formula is C19H30N2. The van der Waals surface area contributed by atoms with Crippen molar-refractivity contribution in [2.75, 3.05) is 7.05 Å². The third kappa shape index (κ3) is 3.87. The van der Waals surface area contributed by atoms with Crippen molar-refractivity contribution in [3.8, 4) is 0 Å². The second-order valence-corrected chi connectivity index (χ2v) is 7.59. The summed E-state index contributed by atoms with van der Waals surface area (Å²) in [6.45, 7) is 5.66. The second-order valence-electron chi connectivity index (χ2n) is 7.59. The quantitative estimate of drug-likeness (QED) is 0.889. The summed E-state index contributed by atoms with van der Waals surface area (Å²) in [4.78, 5) is 2.57. The van der Waals surface area contributed by atoms with E-state index in [0.717, 1.165) is 30.6 Å². The Labute approximate surface area is 129 Å². The maximum absolute atomic E-state index is 3.74. The minimum atomic E-state index is 0.740. The molecule has 3 rings (SSSR count). The summed E-state index contributed by atoms with van der Waals surface area (Å²) in [5.74, 6) is 0.740. The van der Waals surface area contributed by atoms with Crippen LogP contribution in [-0.4, -0.2) is 30.1 Å². The lowest BCUT2D eigenvalue weighted by molar-refractivity contribution is 0.166. The van der Waals surface area contributed by atoms with Crippen molar-refractivity contribution in [1.82, 2.24) is 10.2 Å². The van der Waals surface area contributed by atoms with E-state index in [9.17, 15) is 0 Å². The number of nitrogens with zero attached hydrogens (tertiary/aromatic N) is 1. The van der Waals surface area contributed by atoms with Crippen LogP contribution in [0, 0.1) is 5.92 Å². The highest BCUT2D eigenvalue weighted by Gasteiger charge is 2.34. The molecule has 116 valence electrons. The van der Waals surface area contributed by atoms with E-state index in [1.54, 1.807) is 0 Å². The number of piperidine rings is 1. The van der Waals surface area contributed by atoms with Crippen LogP contribution in [0.3, 0.4) is 0 Å². The number of nitrogens with one attached hydrogen (secondary N) is 1. The van der Waals surface area contributed by atoms with Crippen LogP contribution in [0.1, 0.15) is 50.7 Å². The van der Waals surface area contributed by atoms with Gasteiger partial charge in [-0.2, -0.15) is 0 Å². The van der Waals surface area contributed by atoms with E-state index in [2.05, 4.69) is 55.4 Å².